The zero-order valence-corrected chi connectivity index (χ0v) is 9.29. The van der Waals surface area contributed by atoms with E-state index in [2.05, 4.69) is 0 Å². The van der Waals surface area contributed by atoms with E-state index in [9.17, 15) is 9.59 Å². The number of rotatable bonds is 2. The first kappa shape index (κ1) is 10.2. The van der Waals surface area contributed by atoms with E-state index in [0.29, 0.717) is 11.4 Å². The monoisotopic (exact) mass is 224 g/mol. The first-order chi connectivity index (χ1) is 7.20. The van der Waals surface area contributed by atoms with E-state index >= 15 is 0 Å². The molecule has 2 rings (SSSR count). The van der Waals surface area contributed by atoms with Gasteiger partial charge in [-0.2, -0.15) is 0 Å². The zero-order chi connectivity index (χ0) is 10.8. The van der Waals surface area contributed by atoms with Crippen molar-refractivity contribution in [3.8, 4) is 0 Å². The quantitative estimate of drug-likeness (QED) is 0.699. The lowest BCUT2D eigenvalue weighted by Crippen LogP contribution is -2.48. The molecule has 1 aromatic rings. The minimum atomic E-state index is 0.127. The summed E-state index contributed by atoms with van der Waals surface area (Å²) in [5.74, 6) is 0.127. The lowest BCUT2D eigenvalue weighted by Gasteiger charge is -2.32. The maximum Gasteiger partial charge on any atom is 0.241 e. The van der Waals surface area contributed by atoms with Crippen LogP contribution in [0.3, 0.4) is 0 Å². The predicted molar refractivity (Wildman–Crippen MR) is 59.6 cm³/mol. The molecule has 0 saturated carbocycles. The van der Waals surface area contributed by atoms with Gasteiger partial charge in [-0.3, -0.25) is 9.59 Å². The van der Waals surface area contributed by atoms with Crippen LogP contribution in [0.15, 0.2) is 12.1 Å². The van der Waals surface area contributed by atoms with Crippen LogP contribution >= 0.6 is 11.3 Å². The molecule has 0 bridgehead atoms. The minimum Gasteiger partial charge on any atom is -0.352 e. The predicted octanol–water partition coefficient (Wildman–Crippen LogP) is 0.839. The molecule has 1 aliphatic heterocycles. The van der Waals surface area contributed by atoms with Crippen LogP contribution in [0.25, 0.3) is 0 Å². The van der Waals surface area contributed by atoms with Crippen molar-refractivity contribution in [3.05, 3.63) is 17.0 Å². The van der Waals surface area contributed by atoms with Gasteiger partial charge in [-0.05, 0) is 12.1 Å². The van der Waals surface area contributed by atoms with Gasteiger partial charge in [-0.15, -0.1) is 11.3 Å². The number of carbonyl (C=O) groups is 2. The zero-order valence-electron chi connectivity index (χ0n) is 8.47. The molecule has 0 atom stereocenters. The van der Waals surface area contributed by atoms with Gasteiger partial charge in [0.15, 0.2) is 6.29 Å². The molecule has 80 valence electrons. The minimum absolute atomic E-state index is 0.127. The number of hydrogen-bond acceptors (Lipinski definition) is 4. The van der Waals surface area contributed by atoms with Crippen LogP contribution in [0, 0.1) is 0 Å². The molecule has 0 aliphatic carbocycles. The smallest absolute Gasteiger partial charge is 0.241 e. The number of carbonyl (C=O) groups excluding carboxylic acids is 2. The second kappa shape index (κ2) is 4.02. The van der Waals surface area contributed by atoms with Crippen LogP contribution in [0.1, 0.15) is 9.67 Å². The number of thiophene rings is 1. The fourth-order valence-electron chi connectivity index (χ4n) is 1.52. The maximum absolute atomic E-state index is 11.5. The average molecular weight is 224 g/mol. The second-order valence-electron chi connectivity index (χ2n) is 3.53. The molecule has 15 heavy (non-hydrogen) atoms. The molecule has 1 saturated heterocycles. The Balaban J connectivity index is 2.11. The topological polar surface area (TPSA) is 40.6 Å². The number of aldehydes is 1. The summed E-state index contributed by atoms with van der Waals surface area (Å²) in [7, 11) is 1.81. The number of nitrogens with zero attached hydrogens (tertiary/aromatic N) is 2. The van der Waals surface area contributed by atoms with Crippen molar-refractivity contribution in [2.24, 2.45) is 0 Å². The standard InChI is InChI=1S/C10H12N2O2S/c1-11-4-5-12(6-9(11)14)10-3-2-8(7-13)15-10/h2-3,7H,4-6H2,1H3. The highest BCUT2D eigenvalue weighted by Crippen LogP contribution is 2.25. The SMILES string of the molecule is CN1CCN(c2ccc(C=O)s2)CC1=O. The third kappa shape index (κ3) is 2.02. The van der Waals surface area contributed by atoms with Gasteiger partial charge in [-0.25, -0.2) is 0 Å². The fraction of sp³-hybridized carbons (Fsp3) is 0.400. The van der Waals surface area contributed by atoms with Crippen LogP contribution in [0.4, 0.5) is 5.00 Å². The molecule has 2 heterocycles. The molecular formula is C10H12N2O2S. The van der Waals surface area contributed by atoms with E-state index in [-0.39, 0.29) is 5.91 Å². The Kier molecular flexibility index (Phi) is 2.73. The van der Waals surface area contributed by atoms with Gasteiger partial charge in [0.1, 0.15) is 0 Å². The van der Waals surface area contributed by atoms with Crippen molar-refractivity contribution in [1.29, 1.82) is 0 Å². The Morgan fingerprint density at radius 1 is 1.40 bits per heavy atom. The summed E-state index contributed by atoms with van der Waals surface area (Å²) in [4.78, 5) is 26.5. The fourth-order valence-corrected chi connectivity index (χ4v) is 2.37. The van der Waals surface area contributed by atoms with Gasteiger partial charge in [-0.1, -0.05) is 0 Å². The number of piperazine rings is 1. The van der Waals surface area contributed by atoms with Gasteiger partial charge in [0.2, 0.25) is 5.91 Å². The molecule has 4 nitrogen and oxygen atoms in total. The number of amides is 1. The Labute approximate surface area is 92.1 Å². The van der Waals surface area contributed by atoms with E-state index in [1.54, 1.807) is 11.0 Å². The Morgan fingerprint density at radius 3 is 2.80 bits per heavy atom. The summed E-state index contributed by atoms with van der Waals surface area (Å²) >= 11 is 1.43. The van der Waals surface area contributed by atoms with E-state index in [0.717, 1.165) is 24.4 Å². The van der Waals surface area contributed by atoms with Gasteiger partial charge in [0.05, 0.1) is 16.4 Å². The molecule has 1 aliphatic rings. The summed E-state index contributed by atoms with van der Waals surface area (Å²) < 4.78 is 0. The van der Waals surface area contributed by atoms with Crippen molar-refractivity contribution >= 4 is 28.5 Å². The molecule has 0 aromatic carbocycles. The summed E-state index contributed by atoms with van der Waals surface area (Å²) in [6, 6.07) is 3.68. The highest BCUT2D eigenvalue weighted by atomic mass is 32.1. The normalized spacial score (nSPS) is 17.0. The molecule has 5 heteroatoms. The van der Waals surface area contributed by atoms with Gasteiger partial charge in [0, 0.05) is 20.1 Å². The molecule has 1 fully saturated rings. The van der Waals surface area contributed by atoms with Gasteiger partial charge >= 0.3 is 0 Å². The van der Waals surface area contributed by atoms with E-state index in [4.69, 9.17) is 0 Å². The van der Waals surface area contributed by atoms with Crippen molar-refractivity contribution in [1.82, 2.24) is 4.90 Å². The largest absolute Gasteiger partial charge is 0.352 e. The highest BCUT2D eigenvalue weighted by Gasteiger charge is 2.21. The van der Waals surface area contributed by atoms with E-state index in [1.165, 1.54) is 11.3 Å². The van der Waals surface area contributed by atoms with Gasteiger partial charge in [0.25, 0.3) is 0 Å². The Hall–Kier alpha value is -1.36. The van der Waals surface area contributed by atoms with E-state index < -0.39 is 0 Å². The first-order valence-corrected chi connectivity index (χ1v) is 5.56. The Bertz CT molecular complexity index is 389. The number of anilines is 1. The third-order valence-corrected chi connectivity index (χ3v) is 3.57. The number of hydrogen-bond donors (Lipinski definition) is 0. The molecule has 0 radical (unpaired) electrons. The molecule has 0 unspecified atom stereocenters. The van der Waals surface area contributed by atoms with Crippen LogP contribution in [-0.2, 0) is 4.79 Å². The van der Waals surface area contributed by atoms with Crippen molar-refractivity contribution in [2.75, 3.05) is 31.6 Å². The summed E-state index contributed by atoms with van der Waals surface area (Å²) in [6.45, 7) is 1.99. The molecular weight excluding hydrogens is 212 g/mol. The average Bonchev–Trinajstić information content (AvgIpc) is 2.70. The summed E-state index contributed by atoms with van der Waals surface area (Å²) in [5.41, 5.74) is 0. The lowest BCUT2D eigenvalue weighted by atomic mass is 10.3. The molecule has 0 N–H and O–H groups in total. The molecule has 1 amide bonds. The lowest BCUT2D eigenvalue weighted by molar-refractivity contribution is -0.129. The van der Waals surface area contributed by atoms with Crippen molar-refractivity contribution in [2.45, 2.75) is 0 Å². The third-order valence-electron chi connectivity index (χ3n) is 2.50. The van der Waals surface area contributed by atoms with Crippen LogP contribution < -0.4 is 4.90 Å². The van der Waals surface area contributed by atoms with Crippen molar-refractivity contribution in [3.63, 3.8) is 0 Å². The van der Waals surface area contributed by atoms with Crippen LogP contribution in [0.5, 0.6) is 0 Å². The first-order valence-electron chi connectivity index (χ1n) is 4.74. The molecule has 1 aromatic heterocycles. The van der Waals surface area contributed by atoms with Crippen molar-refractivity contribution < 1.29 is 9.59 Å². The molecule has 0 spiro atoms. The van der Waals surface area contributed by atoms with Crippen LogP contribution in [0.2, 0.25) is 0 Å². The maximum atomic E-state index is 11.5. The summed E-state index contributed by atoms with van der Waals surface area (Å²) in [6.07, 6.45) is 0.839. The second-order valence-corrected chi connectivity index (χ2v) is 4.62. The van der Waals surface area contributed by atoms with Crippen LogP contribution in [-0.4, -0.2) is 43.8 Å². The van der Waals surface area contributed by atoms with E-state index in [1.807, 2.05) is 18.0 Å². The number of likely N-dealkylation sites (N-methyl/N-ethyl adjacent to an activating group) is 1. The highest BCUT2D eigenvalue weighted by molar-refractivity contribution is 7.17. The Morgan fingerprint density at radius 2 is 2.20 bits per heavy atom. The summed E-state index contributed by atoms with van der Waals surface area (Å²) in [5, 5.41) is 0.999. The van der Waals surface area contributed by atoms with Gasteiger partial charge < -0.3 is 9.80 Å².